The smallest absolute Gasteiger partial charge is 0.153 e. The third kappa shape index (κ3) is 2.08. The van der Waals surface area contributed by atoms with Crippen LogP contribution < -0.4 is 0 Å². The summed E-state index contributed by atoms with van der Waals surface area (Å²) in [5, 5.41) is 8.85. The Morgan fingerprint density at radius 3 is 2.90 bits per heavy atom. The van der Waals surface area contributed by atoms with Crippen LogP contribution in [0.2, 0.25) is 0 Å². The molecule has 0 aliphatic rings. The molecule has 7 nitrogen and oxygen atoms in total. The normalized spacial score (nSPS) is 11.3. The Hall–Kier alpha value is -2.96. The van der Waals surface area contributed by atoms with E-state index in [1.165, 1.54) is 0 Å². The number of H-pyrrole nitrogens is 1. The third-order valence-corrected chi connectivity index (χ3v) is 3.36. The fraction of sp³-hybridized carbons (Fsp3) is 0.143. The largest absolute Gasteiger partial charge is 0.348 e. The first-order chi connectivity index (χ1) is 10.3. The molecule has 4 aromatic heterocycles. The number of aromatic nitrogens is 7. The molecule has 104 valence electrons. The molecule has 4 aromatic rings. The fourth-order valence-corrected chi connectivity index (χ4v) is 2.33. The van der Waals surface area contributed by atoms with E-state index in [1.807, 2.05) is 42.3 Å². The van der Waals surface area contributed by atoms with Crippen molar-refractivity contribution in [1.82, 2.24) is 34.3 Å². The molecule has 0 aliphatic heterocycles. The highest BCUT2D eigenvalue weighted by molar-refractivity contribution is 5.58. The summed E-state index contributed by atoms with van der Waals surface area (Å²) in [6.07, 6.45) is 9.79. The Morgan fingerprint density at radius 2 is 2.14 bits per heavy atom. The van der Waals surface area contributed by atoms with Gasteiger partial charge < -0.3 is 4.98 Å². The molecule has 4 heterocycles. The van der Waals surface area contributed by atoms with Crippen molar-refractivity contribution in [2.75, 3.05) is 0 Å². The average molecular weight is 279 g/mol. The van der Waals surface area contributed by atoms with Crippen molar-refractivity contribution in [2.45, 2.75) is 6.42 Å². The summed E-state index contributed by atoms with van der Waals surface area (Å²) in [4.78, 5) is 11.5. The molecule has 0 saturated heterocycles. The SMILES string of the molecule is Cn1cc(-c2ccc3ncc(Cc4cnc[nH]4)n3n2)cn1. The minimum Gasteiger partial charge on any atom is -0.348 e. The topological polar surface area (TPSA) is 76.7 Å². The fourth-order valence-electron chi connectivity index (χ4n) is 2.33. The lowest BCUT2D eigenvalue weighted by atomic mass is 10.2. The van der Waals surface area contributed by atoms with Crippen molar-refractivity contribution >= 4 is 5.65 Å². The molecule has 0 aromatic carbocycles. The van der Waals surface area contributed by atoms with Gasteiger partial charge in [0.15, 0.2) is 5.65 Å². The number of nitrogens with zero attached hydrogens (tertiary/aromatic N) is 6. The third-order valence-electron chi connectivity index (χ3n) is 3.36. The van der Waals surface area contributed by atoms with Crippen LogP contribution in [0, 0.1) is 0 Å². The van der Waals surface area contributed by atoms with Gasteiger partial charge in [0.05, 0.1) is 30.1 Å². The zero-order valence-electron chi connectivity index (χ0n) is 11.4. The summed E-state index contributed by atoms with van der Waals surface area (Å²) in [6.45, 7) is 0. The van der Waals surface area contributed by atoms with E-state index in [9.17, 15) is 0 Å². The van der Waals surface area contributed by atoms with E-state index >= 15 is 0 Å². The molecule has 0 fully saturated rings. The number of aromatic amines is 1. The number of rotatable bonds is 3. The van der Waals surface area contributed by atoms with E-state index in [0.29, 0.717) is 6.42 Å². The molecule has 0 bridgehead atoms. The van der Waals surface area contributed by atoms with Crippen LogP contribution in [0.25, 0.3) is 16.9 Å². The van der Waals surface area contributed by atoms with Crippen molar-refractivity contribution in [3.8, 4) is 11.3 Å². The van der Waals surface area contributed by atoms with Crippen LogP contribution in [0.3, 0.4) is 0 Å². The summed E-state index contributed by atoms with van der Waals surface area (Å²) in [5.74, 6) is 0. The lowest BCUT2D eigenvalue weighted by Gasteiger charge is -2.02. The lowest BCUT2D eigenvalue weighted by molar-refractivity contribution is 0.768. The lowest BCUT2D eigenvalue weighted by Crippen LogP contribution is -2.00. The second kappa shape index (κ2) is 4.55. The van der Waals surface area contributed by atoms with Crippen LogP contribution in [-0.2, 0) is 13.5 Å². The van der Waals surface area contributed by atoms with E-state index in [2.05, 4.69) is 25.1 Å². The van der Waals surface area contributed by atoms with Crippen molar-refractivity contribution in [1.29, 1.82) is 0 Å². The van der Waals surface area contributed by atoms with Crippen LogP contribution in [0.15, 0.2) is 43.2 Å². The van der Waals surface area contributed by atoms with E-state index in [4.69, 9.17) is 0 Å². The molecule has 0 spiro atoms. The Bertz CT molecular complexity index is 885. The quantitative estimate of drug-likeness (QED) is 0.615. The van der Waals surface area contributed by atoms with Crippen LogP contribution in [0.1, 0.15) is 11.4 Å². The molecular weight excluding hydrogens is 266 g/mol. The Balaban J connectivity index is 1.78. The van der Waals surface area contributed by atoms with Gasteiger partial charge in [-0.1, -0.05) is 0 Å². The minimum absolute atomic E-state index is 0.713. The van der Waals surface area contributed by atoms with Gasteiger partial charge in [-0.3, -0.25) is 4.68 Å². The highest BCUT2D eigenvalue weighted by atomic mass is 15.3. The van der Waals surface area contributed by atoms with Crippen LogP contribution >= 0.6 is 0 Å². The van der Waals surface area contributed by atoms with Gasteiger partial charge in [0, 0.05) is 37.1 Å². The van der Waals surface area contributed by atoms with Gasteiger partial charge in [-0.2, -0.15) is 10.2 Å². The predicted molar refractivity (Wildman–Crippen MR) is 76.6 cm³/mol. The number of nitrogens with one attached hydrogen (secondary N) is 1. The molecule has 0 aliphatic carbocycles. The first-order valence-electron chi connectivity index (χ1n) is 6.59. The Labute approximate surface area is 120 Å². The average Bonchev–Trinajstić information content (AvgIpc) is 3.21. The summed E-state index contributed by atoms with van der Waals surface area (Å²) < 4.78 is 3.63. The molecule has 0 amide bonds. The van der Waals surface area contributed by atoms with E-state index < -0.39 is 0 Å². The van der Waals surface area contributed by atoms with Gasteiger partial charge in [0.25, 0.3) is 0 Å². The van der Waals surface area contributed by atoms with E-state index in [1.54, 1.807) is 17.2 Å². The second-order valence-electron chi connectivity index (χ2n) is 4.89. The molecule has 21 heavy (non-hydrogen) atoms. The van der Waals surface area contributed by atoms with Gasteiger partial charge in [0.2, 0.25) is 0 Å². The summed E-state index contributed by atoms with van der Waals surface area (Å²) in [6, 6.07) is 3.92. The monoisotopic (exact) mass is 279 g/mol. The molecule has 4 rings (SSSR count). The predicted octanol–water partition coefficient (Wildman–Crippen LogP) is 1.44. The second-order valence-corrected chi connectivity index (χ2v) is 4.89. The van der Waals surface area contributed by atoms with Crippen LogP contribution in [0.5, 0.6) is 0 Å². The van der Waals surface area contributed by atoms with Crippen molar-refractivity contribution in [3.05, 3.63) is 54.6 Å². The van der Waals surface area contributed by atoms with Crippen LogP contribution in [0.4, 0.5) is 0 Å². The number of hydrogen-bond acceptors (Lipinski definition) is 4. The number of fused-ring (bicyclic) bond motifs is 1. The summed E-state index contributed by atoms with van der Waals surface area (Å²) in [5.41, 5.74) is 4.74. The maximum absolute atomic E-state index is 4.67. The van der Waals surface area contributed by atoms with Gasteiger partial charge in [0.1, 0.15) is 0 Å². The first kappa shape index (κ1) is 11.8. The maximum Gasteiger partial charge on any atom is 0.153 e. The van der Waals surface area contributed by atoms with Gasteiger partial charge >= 0.3 is 0 Å². The van der Waals surface area contributed by atoms with Gasteiger partial charge in [-0.05, 0) is 12.1 Å². The Morgan fingerprint density at radius 1 is 1.19 bits per heavy atom. The molecule has 1 N–H and O–H groups in total. The zero-order chi connectivity index (χ0) is 14.2. The summed E-state index contributed by atoms with van der Waals surface area (Å²) >= 11 is 0. The van der Waals surface area contributed by atoms with Crippen molar-refractivity contribution in [2.24, 2.45) is 7.05 Å². The number of imidazole rings is 2. The highest BCUT2D eigenvalue weighted by Crippen LogP contribution is 2.17. The number of aryl methyl sites for hydroxylation is 1. The van der Waals surface area contributed by atoms with E-state index in [-0.39, 0.29) is 0 Å². The first-order valence-corrected chi connectivity index (χ1v) is 6.59. The molecule has 7 heteroatoms. The summed E-state index contributed by atoms with van der Waals surface area (Å²) in [7, 11) is 1.89. The van der Waals surface area contributed by atoms with Crippen molar-refractivity contribution in [3.63, 3.8) is 0 Å². The number of hydrogen-bond donors (Lipinski definition) is 1. The molecule has 0 saturated carbocycles. The molecule has 0 radical (unpaired) electrons. The Kier molecular flexibility index (Phi) is 2.56. The van der Waals surface area contributed by atoms with Gasteiger partial charge in [-0.25, -0.2) is 14.5 Å². The zero-order valence-corrected chi connectivity index (χ0v) is 11.4. The van der Waals surface area contributed by atoms with Crippen molar-refractivity contribution < 1.29 is 0 Å². The molecular formula is C14H13N7. The highest BCUT2D eigenvalue weighted by Gasteiger charge is 2.09. The van der Waals surface area contributed by atoms with E-state index in [0.717, 1.165) is 28.3 Å². The maximum atomic E-state index is 4.67. The standard InChI is InChI=1S/C14H13N7/c1-20-8-10(5-18-20)13-2-3-14-16-7-12(21(14)19-13)4-11-6-15-9-17-11/h2-3,5-9H,4H2,1H3,(H,15,17). The van der Waals surface area contributed by atoms with Crippen LogP contribution in [-0.4, -0.2) is 34.3 Å². The minimum atomic E-state index is 0.713. The molecule has 0 unspecified atom stereocenters. The van der Waals surface area contributed by atoms with Gasteiger partial charge in [-0.15, -0.1) is 0 Å². The molecule has 0 atom stereocenters.